The molecule has 2 aromatic rings. The normalized spacial score (nSPS) is 13.4. The zero-order chi connectivity index (χ0) is 15.5. The summed E-state index contributed by atoms with van der Waals surface area (Å²) in [5, 5.41) is 11.8. The van der Waals surface area contributed by atoms with E-state index in [1.807, 2.05) is 30.3 Å². The van der Waals surface area contributed by atoms with E-state index in [2.05, 4.69) is 34.2 Å². The number of rotatable bonds is 5. The number of nitrogens with zero attached hydrogens (tertiary/aromatic N) is 3. The van der Waals surface area contributed by atoms with Crippen LogP contribution in [0.4, 0.5) is 11.6 Å². The van der Waals surface area contributed by atoms with E-state index in [0.717, 1.165) is 40.9 Å². The summed E-state index contributed by atoms with van der Waals surface area (Å²) in [6.45, 7) is 6.72. The second-order valence-corrected chi connectivity index (χ2v) is 5.60. The van der Waals surface area contributed by atoms with Gasteiger partial charge in [0.05, 0.1) is 12.2 Å². The molecule has 1 aliphatic rings. The van der Waals surface area contributed by atoms with Crippen molar-refractivity contribution in [3.8, 4) is 0 Å². The van der Waals surface area contributed by atoms with E-state index < -0.39 is 0 Å². The van der Waals surface area contributed by atoms with Crippen LogP contribution in [0.1, 0.15) is 25.6 Å². The Morgan fingerprint density at radius 2 is 2.09 bits per heavy atom. The third kappa shape index (κ3) is 3.14. The molecule has 1 aromatic heterocycles. The lowest BCUT2D eigenvalue weighted by Crippen LogP contribution is -2.13. The van der Waals surface area contributed by atoms with Gasteiger partial charge in [-0.1, -0.05) is 31.5 Å². The molecule has 5 nitrogen and oxygen atoms in total. The van der Waals surface area contributed by atoms with Crippen LogP contribution in [-0.4, -0.2) is 14.8 Å². The van der Waals surface area contributed by atoms with Gasteiger partial charge in [0, 0.05) is 16.4 Å². The van der Waals surface area contributed by atoms with Crippen molar-refractivity contribution in [3.05, 3.63) is 53.5 Å². The minimum atomic E-state index is 0.541. The Bertz CT molecular complexity index is 715. The number of nitrogens with one attached hydrogen (secondary N) is 2. The summed E-state index contributed by atoms with van der Waals surface area (Å²) in [5.41, 5.74) is 2.95. The van der Waals surface area contributed by atoms with Crippen LogP contribution in [-0.2, 0) is 6.54 Å². The maximum Gasteiger partial charge on any atom is 0.230 e. The summed E-state index contributed by atoms with van der Waals surface area (Å²) < 4.78 is 1.73. The first-order chi connectivity index (χ1) is 10.7. The molecule has 0 amide bonds. The average Bonchev–Trinajstić information content (AvgIpc) is 2.91. The number of anilines is 2. The zero-order valence-corrected chi connectivity index (χ0v) is 13.2. The molecule has 0 atom stereocenters. The minimum absolute atomic E-state index is 0.541. The van der Waals surface area contributed by atoms with Crippen LogP contribution in [0.15, 0.2) is 42.6 Å². The first kappa shape index (κ1) is 14.7. The number of hydrogen-bond acceptors (Lipinski definition) is 4. The van der Waals surface area contributed by atoms with Gasteiger partial charge in [0.25, 0.3) is 0 Å². The van der Waals surface area contributed by atoms with E-state index in [4.69, 9.17) is 11.6 Å². The van der Waals surface area contributed by atoms with Crippen molar-refractivity contribution in [2.75, 3.05) is 10.6 Å². The molecule has 22 heavy (non-hydrogen) atoms. The molecule has 0 bridgehead atoms. The van der Waals surface area contributed by atoms with Crippen LogP contribution in [0.2, 0.25) is 5.02 Å². The first-order valence-corrected chi connectivity index (χ1v) is 7.66. The van der Waals surface area contributed by atoms with E-state index in [1.165, 1.54) is 0 Å². The average molecular weight is 316 g/mol. The van der Waals surface area contributed by atoms with Crippen molar-refractivity contribution >= 4 is 28.9 Å². The van der Waals surface area contributed by atoms with E-state index >= 15 is 0 Å². The van der Waals surface area contributed by atoms with E-state index in [9.17, 15) is 0 Å². The van der Waals surface area contributed by atoms with Crippen molar-refractivity contribution < 1.29 is 0 Å². The molecule has 0 saturated heterocycles. The van der Waals surface area contributed by atoms with Gasteiger partial charge in [-0.2, -0.15) is 9.67 Å². The summed E-state index contributed by atoms with van der Waals surface area (Å²) in [4.78, 5) is 4.52. The molecule has 0 aliphatic carbocycles. The first-order valence-electron chi connectivity index (χ1n) is 7.28. The molecular weight excluding hydrogens is 298 g/mol. The predicted molar refractivity (Wildman–Crippen MR) is 90.7 cm³/mol. The molecule has 2 N–H and O–H groups in total. The van der Waals surface area contributed by atoms with Crippen LogP contribution in [0.25, 0.3) is 5.70 Å². The molecule has 1 aliphatic heterocycles. The maximum atomic E-state index is 5.87. The van der Waals surface area contributed by atoms with Gasteiger partial charge in [-0.05, 0) is 36.8 Å². The highest BCUT2D eigenvalue weighted by Crippen LogP contribution is 2.23. The van der Waals surface area contributed by atoms with Crippen molar-refractivity contribution in [2.45, 2.75) is 26.3 Å². The standard InChI is InChI=1S/C16H18ClN5/c1-3-4-14-9-11(2)22-16(19-14)20-15(21-22)10-18-13-7-5-12(17)6-8-13/h5-9,18H,2-4,10H2,1H3,(H,19,20,21). The van der Waals surface area contributed by atoms with Gasteiger partial charge in [0.2, 0.25) is 5.95 Å². The Balaban J connectivity index is 1.69. The highest BCUT2D eigenvalue weighted by Gasteiger charge is 2.17. The van der Waals surface area contributed by atoms with Gasteiger partial charge >= 0.3 is 0 Å². The Morgan fingerprint density at radius 1 is 1.32 bits per heavy atom. The van der Waals surface area contributed by atoms with Gasteiger partial charge in [-0.3, -0.25) is 0 Å². The summed E-state index contributed by atoms with van der Waals surface area (Å²) in [6, 6.07) is 7.55. The van der Waals surface area contributed by atoms with Crippen molar-refractivity contribution in [1.82, 2.24) is 14.8 Å². The van der Waals surface area contributed by atoms with Crippen LogP contribution >= 0.6 is 11.6 Å². The highest BCUT2D eigenvalue weighted by molar-refractivity contribution is 6.30. The third-order valence-corrected chi connectivity index (χ3v) is 3.60. The Hall–Kier alpha value is -2.27. The lowest BCUT2D eigenvalue weighted by atomic mass is 10.2. The lowest BCUT2D eigenvalue weighted by Gasteiger charge is -2.16. The molecule has 0 radical (unpaired) electrons. The quantitative estimate of drug-likeness (QED) is 0.871. The second kappa shape index (κ2) is 6.23. The summed E-state index contributed by atoms with van der Waals surface area (Å²) in [5.74, 6) is 1.44. The fourth-order valence-electron chi connectivity index (χ4n) is 2.31. The Morgan fingerprint density at radius 3 is 2.82 bits per heavy atom. The fourth-order valence-corrected chi connectivity index (χ4v) is 2.43. The maximum absolute atomic E-state index is 5.87. The lowest BCUT2D eigenvalue weighted by molar-refractivity contribution is 0.841. The molecule has 0 fully saturated rings. The summed E-state index contributed by atoms with van der Waals surface area (Å²) >= 11 is 5.87. The zero-order valence-electron chi connectivity index (χ0n) is 12.4. The number of allylic oxidation sites excluding steroid dienone is 3. The molecule has 1 aromatic carbocycles. The van der Waals surface area contributed by atoms with E-state index in [0.29, 0.717) is 12.4 Å². The third-order valence-electron chi connectivity index (χ3n) is 3.35. The van der Waals surface area contributed by atoms with Crippen LogP contribution in [0.5, 0.6) is 0 Å². The molecule has 0 unspecified atom stereocenters. The number of aromatic nitrogens is 3. The predicted octanol–water partition coefficient (Wildman–Crippen LogP) is 4.12. The fraction of sp³-hybridized carbons (Fsp3) is 0.250. The number of fused-ring (bicyclic) bond motifs is 1. The molecule has 0 spiro atoms. The molecule has 114 valence electrons. The monoisotopic (exact) mass is 315 g/mol. The number of hydrogen-bond donors (Lipinski definition) is 2. The number of benzene rings is 1. The van der Waals surface area contributed by atoms with Crippen molar-refractivity contribution in [3.63, 3.8) is 0 Å². The molecule has 0 saturated carbocycles. The second-order valence-electron chi connectivity index (χ2n) is 5.16. The van der Waals surface area contributed by atoms with E-state index in [1.54, 1.807) is 4.68 Å². The van der Waals surface area contributed by atoms with Crippen LogP contribution in [0, 0.1) is 0 Å². The van der Waals surface area contributed by atoms with Gasteiger partial charge in [-0.15, -0.1) is 5.10 Å². The van der Waals surface area contributed by atoms with Gasteiger partial charge in [-0.25, -0.2) is 0 Å². The van der Waals surface area contributed by atoms with Crippen LogP contribution < -0.4 is 10.6 Å². The van der Waals surface area contributed by atoms with Crippen molar-refractivity contribution in [2.24, 2.45) is 0 Å². The minimum Gasteiger partial charge on any atom is -0.378 e. The largest absolute Gasteiger partial charge is 0.378 e. The van der Waals surface area contributed by atoms with Gasteiger partial charge < -0.3 is 10.6 Å². The highest BCUT2D eigenvalue weighted by atomic mass is 35.5. The molecule has 6 heteroatoms. The topological polar surface area (TPSA) is 54.8 Å². The molecule has 3 rings (SSSR count). The Labute approximate surface area is 134 Å². The summed E-state index contributed by atoms with van der Waals surface area (Å²) in [7, 11) is 0. The molecular formula is C16H18ClN5. The molecule has 2 heterocycles. The smallest absolute Gasteiger partial charge is 0.230 e. The SMILES string of the molecule is C=C1C=C(CCC)Nc2nc(CNc3ccc(Cl)cc3)nn21. The number of halogens is 1. The van der Waals surface area contributed by atoms with Crippen molar-refractivity contribution in [1.29, 1.82) is 0 Å². The Kier molecular flexibility index (Phi) is 4.15. The van der Waals surface area contributed by atoms with Crippen LogP contribution in [0.3, 0.4) is 0 Å². The summed E-state index contributed by atoms with van der Waals surface area (Å²) in [6.07, 6.45) is 4.07. The van der Waals surface area contributed by atoms with Gasteiger partial charge in [0.1, 0.15) is 0 Å². The van der Waals surface area contributed by atoms with E-state index in [-0.39, 0.29) is 0 Å². The van der Waals surface area contributed by atoms with Gasteiger partial charge in [0.15, 0.2) is 5.82 Å².